The minimum atomic E-state index is -2.88. The number of sulfone groups is 1. The van der Waals surface area contributed by atoms with Crippen molar-refractivity contribution in [1.29, 1.82) is 0 Å². The molecule has 1 aromatic carbocycles. The maximum absolute atomic E-state index is 14.9. The zero-order valence-corrected chi connectivity index (χ0v) is 32.2. The molecule has 1 saturated heterocycles. The van der Waals surface area contributed by atoms with E-state index >= 15 is 0 Å². The van der Waals surface area contributed by atoms with E-state index in [1.54, 1.807) is 6.07 Å². The Morgan fingerprint density at radius 2 is 1.70 bits per heavy atom. The van der Waals surface area contributed by atoms with Gasteiger partial charge in [0.05, 0.1) is 17.1 Å². The molecular weight excluding hydrogens is 648 g/mol. The van der Waals surface area contributed by atoms with Gasteiger partial charge in [-0.3, -0.25) is 0 Å². The lowest BCUT2D eigenvalue weighted by atomic mass is 9.33. The van der Waals surface area contributed by atoms with E-state index in [0.29, 0.717) is 42.7 Å². The van der Waals surface area contributed by atoms with E-state index in [4.69, 9.17) is 0 Å². The maximum Gasteiger partial charge on any atom is 0.338 e. The molecule has 2 N–H and O–H groups in total. The molecule has 4 saturated carbocycles. The molecule has 6 aliphatic rings. The second kappa shape index (κ2) is 12.3. The molecule has 8 heteroatoms. The van der Waals surface area contributed by atoms with Crippen molar-refractivity contribution in [2.75, 3.05) is 37.7 Å². The molecule has 50 heavy (non-hydrogen) atoms. The summed E-state index contributed by atoms with van der Waals surface area (Å²) in [6, 6.07) is 4.68. The van der Waals surface area contributed by atoms with E-state index in [-0.39, 0.29) is 44.3 Å². The molecule has 5 fully saturated rings. The molecule has 0 bridgehead atoms. The van der Waals surface area contributed by atoms with Gasteiger partial charge in [-0.15, -0.1) is 0 Å². The van der Waals surface area contributed by atoms with E-state index in [1.807, 2.05) is 0 Å². The summed E-state index contributed by atoms with van der Waals surface area (Å²) in [6.07, 6.45) is 13.0. The summed E-state index contributed by atoms with van der Waals surface area (Å²) in [4.78, 5) is 13.9. The highest BCUT2D eigenvalue weighted by atomic mass is 32.2. The molecule has 9 unspecified atom stereocenters. The Kier molecular flexibility index (Phi) is 8.91. The van der Waals surface area contributed by atoms with Crippen molar-refractivity contribution in [3.8, 4) is 0 Å². The summed E-state index contributed by atoms with van der Waals surface area (Å²) in [6.45, 7) is 22.5. The third-order valence-electron chi connectivity index (χ3n) is 16.5. The number of nitrogens with one attached hydrogen (secondary N) is 1. The number of aromatic carboxylic acids is 1. The van der Waals surface area contributed by atoms with E-state index in [2.05, 4.69) is 64.4 Å². The number of rotatable bonds is 7. The number of carboxylic acid groups (broad SMARTS) is 1. The maximum atomic E-state index is 14.9. The van der Waals surface area contributed by atoms with Gasteiger partial charge in [-0.05, 0) is 139 Å². The Morgan fingerprint density at radius 3 is 2.36 bits per heavy atom. The summed E-state index contributed by atoms with van der Waals surface area (Å²) < 4.78 is 39.0. The average molecular weight is 709 g/mol. The number of fused-ring (bicyclic) bond motifs is 7. The van der Waals surface area contributed by atoms with Crippen LogP contribution in [0.5, 0.6) is 0 Å². The second-order valence-electron chi connectivity index (χ2n) is 18.8. The van der Waals surface area contributed by atoms with Crippen molar-refractivity contribution in [3.63, 3.8) is 0 Å². The molecule has 0 aromatic heterocycles. The predicted molar refractivity (Wildman–Crippen MR) is 199 cm³/mol. The van der Waals surface area contributed by atoms with Crippen LogP contribution in [0.15, 0.2) is 36.4 Å². The van der Waals surface area contributed by atoms with Gasteiger partial charge in [0.25, 0.3) is 0 Å². The lowest BCUT2D eigenvalue weighted by Gasteiger charge is -2.72. The van der Waals surface area contributed by atoms with Crippen molar-refractivity contribution in [2.24, 2.45) is 51.2 Å². The van der Waals surface area contributed by atoms with Crippen LogP contribution in [0.4, 0.5) is 4.39 Å². The molecule has 1 aromatic rings. The first kappa shape index (κ1) is 36.3. The van der Waals surface area contributed by atoms with Crippen LogP contribution >= 0.6 is 0 Å². The van der Waals surface area contributed by atoms with Crippen LogP contribution in [-0.4, -0.2) is 67.6 Å². The van der Waals surface area contributed by atoms with Crippen molar-refractivity contribution < 1.29 is 22.7 Å². The first-order valence-electron chi connectivity index (χ1n) is 19.5. The van der Waals surface area contributed by atoms with E-state index in [0.717, 1.165) is 37.1 Å². The number of nitrogens with zero attached hydrogens (tertiary/aromatic N) is 1. The van der Waals surface area contributed by atoms with Crippen molar-refractivity contribution in [2.45, 2.75) is 105 Å². The van der Waals surface area contributed by atoms with Crippen LogP contribution < -0.4 is 5.32 Å². The molecule has 276 valence electrons. The minimum absolute atomic E-state index is 0.121. The molecule has 0 radical (unpaired) electrons. The Balaban J connectivity index is 1.15. The van der Waals surface area contributed by atoms with Crippen LogP contribution in [0, 0.1) is 57.1 Å². The number of carboxylic acids is 1. The van der Waals surface area contributed by atoms with Gasteiger partial charge in [-0.2, -0.15) is 0 Å². The first-order chi connectivity index (χ1) is 23.4. The number of halogens is 1. The van der Waals surface area contributed by atoms with E-state index in [1.165, 1.54) is 62.7 Å². The largest absolute Gasteiger partial charge is 0.478 e. The molecule has 5 aliphatic carbocycles. The molecular formula is C42H61FN2O4S. The van der Waals surface area contributed by atoms with Crippen LogP contribution in [-0.2, 0) is 9.84 Å². The van der Waals surface area contributed by atoms with Gasteiger partial charge in [0, 0.05) is 31.7 Å². The van der Waals surface area contributed by atoms with Crippen molar-refractivity contribution in [3.05, 3.63) is 53.4 Å². The second-order valence-corrected chi connectivity index (χ2v) is 21.1. The Bertz CT molecular complexity index is 1690. The van der Waals surface area contributed by atoms with Gasteiger partial charge in [-0.1, -0.05) is 58.9 Å². The standard InChI is InChI=1S/C42H61FN2O4S/c1-27(2)29-12-17-42(44-20-21-45-22-24-50(48,49)25-23-45)19-18-40(6)32(36(29)42)10-11-35-39(5)15-13-31(28-8-9-30(37(46)47)33(43)26-28)38(3,4)34(39)14-16-41(35,40)7/h8-9,13,26,29,32,34-36,44H,1,10-12,14-25H2,2-7H3,(H,46,47). The topological polar surface area (TPSA) is 86.7 Å². The number of hydrogen-bond donors (Lipinski definition) is 2. The third kappa shape index (κ3) is 5.42. The minimum Gasteiger partial charge on any atom is -0.478 e. The molecule has 6 nitrogen and oxygen atoms in total. The highest BCUT2D eigenvalue weighted by Gasteiger charge is 2.70. The van der Waals surface area contributed by atoms with Crippen molar-refractivity contribution >= 4 is 21.4 Å². The summed E-state index contributed by atoms with van der Waals surface area (Å²) in [5.41, 5.74) is 3.58. The predicted octanol–water partition coefficient (Wildman–Crippen LogP) is 8.25. The molecule has 9 atom stereocenters. The number of hydrogen-bond acceptors (Lipinski definition) is 5. The first-order valence-corrected chi connectivity index (χ1v) is 21.3. The van der Waals surface area contributed by atoms with Crippen molar-refractivity contribution in [1.82, 2.24) is 10.2 Å². The smallest absolute Gasteiger partial charge is 0.338 e. The zero-order chi connectivity index (χ0) is 36.1. The monoisotopic (exact) mass is 708 g/mol. The fraction of sp³-hybridized carbons (Fsp3) is 0.738. The summed E-state index contributed by atoms with van der Waals surface area (Å²) >= 11 is 0. The van der Waals surface area contributed by atoms with Crippen LogP contribution in [0.1, 0.15) is 115 Å². The Labute approximate surface area is 300 Å². The fourth-order valence-corrected chi connectivity index (χ4v) is 15.1. The van der Waals surface area contributed by atoms with Crippen LogP contribution in [0.25, 0.3) is 5.57 Å². The van der Waals surface area contributed by atoms with E-state index in [9.17, 15) is 22.7 Å². The lowest BCUT2D eigenvalue weighted by molar-refractivity contribution is -0.219. The van der Waals surface area contributed by atoms with E-state index < -0.39 is 21.6 Å². The molecule has 1 aliphatic heterocycles. The Morgan fingerprint density at radius 1 is 0.980 bits per heavy atom. The van der Waals surface area contributed by atoms with Crippen LogP contribution in [0.2, 0.25) is 0 Å². The van der Waals surface area contributed by atoms with Gasteiger partial charge < -0.3 is 15.3 Å². The fourth-order valence-electron chi connectivity index (χ4n) is 13.8. The number of benzene rings is 1. The number of carbonyl (C=O) groups is 1. The average Bonchev–Trinajstić information content (AvgIpc) is 3.42. The SMILES string of the molecule is C=C(C)C1CCC2(NCCN3CCS(=O)(=O)CC3)CCC3(C)C(CCC4C5(C)CC=C(c6ccc(C(=O)O)c(F)c6)C(C)(C)C5CCC43C)C12. The highest BCUT2D eigenvalue weighted by Crippen LogP contribution is 2.76. The summed E-state index contributed by atoms with van der Waals surface area (Å²) in [5.74, 6) is 1.47. The summed E-state index contributed by atoms with van der Waals surface area (Å²) in [7, 11) is -2.88. The van der Waals surface area contributed by atoms with Gasteiger partial charge in [-0.25, -0.2) is 17.6 Å². The molecule has 1 heterocycles. The molecule has 0 spiro atoms. The zero-order valence-electron chi connectivity index (χ0n) is 31.4. The van der Waals surface area contributed by atoms with Gasteiger partial charge in [0.15, 0.2) is 9.84 Å². The normalized spacial score (nSPS) is 42.0. The van der Waals surface area contributed by atoms with Crippen LogP contribution in [0.3, 0.4) is 0 Å². The molecule has 7 rings (SSSR count). The summed E-state index contributed by atoms with van der Waals surface area (Å²) in [5, 5.41) is 13.6. The Hall–Kier alpha value is -2.03. The molecule has 0 amide bonds. The third-order valence-corrected chi connectivity index (χ3v) is 18.1. The quantitative estimate of drug-likeness (QED) is 0.278. The van der Waals surface area contributed by atoms with Gasteiger partial charge >= 0.3 is 5.97 Å². The highest BCUT2D eigenvalue weighted by molar-refractivity contribution is 7.91. The van der Waals surface area contributed by atoms with Gasteiger partial charge in [0.1, 0.15) is 5.82 Å². The lowest BCUT2D eigenvalue weighted by Crippen LogP contribution is -2.68. The number of allylic oxidation sites excluding steroid dienone is 3. The van der Waals surface area contributed by atoms with Gasteiger partial charge in [0.2, 0.25) is 0 Å².